The van der Waals surface area contributed by atoms with E-state index in [0.29, 0.717) is 0 Å². The molecule has 1 N–H and O–H groups in total. The third-order valence-corrected chi connectivity index (χ3v) is 2.29. The minimum absolute atomic E-state index is 0.869. The Bertz CT molecular complexity index is 374. The molecular formula is C11H10Br2O. The Hall–Kier alpha value is -0.300. The first kappa shape index (κ1) is 11.8. The fourth-order valence-electron chi connectivity index (χ4n) is 0.851. The quantitative estimate of drug-likeness (QED) is 0.728. The van der Waals surface area contributed by atoms with Crippen molar-refractivity contribution < 1.29 is 5.11 Å². The van der Waals surface area contributed by atoms with Gasteiger partial charge < -0.3 is 5.11 Å². The molecule has 0 aliphatic rings. The van der Waals surface area contributed by atoms with E-state index in [0.717, 1.165) is 14.5 Å². The van der Waals surface area contributed by atoms with E-state index in [1.54, 1.807) is 13.8 Å². The van der Waals surface area contributed by atoms with Crippen LogP contribution in [-0.4, -0.2) is 10.7 Å². The lowest BCUT2D eigenvalue weighted by Gasteiger charge is -2.06. The van der Waals surface area contributed by atoms with Gasteiger partial charge in [0.2, 0.25) is 0 Å². The number of hydrogen-bond acceptors (Lipinski definition) is 1. The highest BCUT2D eigenvalue weighted by atomic mass is 79.9. The van der Waals surface area contributed by atoms with Gasteiger partial charge in [-0.1, -0.05) is 43.7 Å². The number of rotatable bonds is 0. The SMILES string of the molecule is CC(C)(O)C#Cc1cc(Br)cc(Br)c1. The number of benzene rings is 1. The van der Waals surface area contributed by atoms with E-state index in [4.69, 9.17) is 0 Å². The molecule has 0 spiro atoms. The highest BCUT2D eigenvalue weighted by molar-refractivity contribution is 9.11. The van der Waals surface area contributed by atoms with Crippen molar-refractivity contribution in [1.82, 2.24) is 0 Å². The lowest BCUT2D eigenvalue weighted by molar-refractivity contribution is 0.143. The van der Waals surface area contributed by atoms with E-state index < -0.39 is 5.60 Å². The van der Waals surface area contributed by atoms with Gasteiger partial charge >= 0.3 is 0 Å². The van der Waals surface area contributed by atoms with Crippen molar-refractivity contribution in [3.8, 4) is 11.8 Å². The molecule has 0 aliphatic carbocycles. The minimum Gasteiger partial charge on any atom is -0.378 e. The molecule has 74 valence electrons. The molecule has 14 heavy (non-hydrogen) atoms. The lowest BCUT2D eigenvalue weighted by atomic mass is 10.1. The highest BCUT2D eigenvalue weighted by Gasteiger charge is 2.05. The summed E-state index contributed by atoms with van der Waals surface area (Å²) in [5, 5.41) is 9.42. The van der Waals surface area contributed by atoms with Crippen LogP contribution in [0.25, 0.3) is 0 Å². The lowest BCUT2D eigenvalue weighted by Crippen LogP contribution is -2.14. The van der Waals surface area contributed by atoms with E-state index in [2.05, 4.69) is 43.7 Å². The Morgan fingerprint density at radius 3 is 2.07 bits per heavy atom. The monoisotopic (exact) mass is 316 g/mol. The molecule has 1 aromatic rings. The van der Waals surface area contributed by atoms with E-state index in [1.807, 2.05) is 18.2 Å². The molecular weight excluding hydrogens is 308 g/mol. The van der Waals surface area contributed by atoms with Gasteiger partial charge in [0.1, 0.15) is 5.60 Å². The second kappa shape index (κ2) is 4.48. The number of aliphatic hydroxyl groups is 1. The first-order valence-corrected chi connectivity index (χ1v) is 5.67. The minimum atomic E-state index is -0.950. The Morgan fingerprint density at radius 1 is 1.14 bits per heavy atom. The molecule has 0 atom stereocenters. The molecule has 0 fully saturated rings. The molecule has 3 heteroatoms. The summed E-state index contributed by atoms with van der Waals surface area (Å²) in [5.74, 6) is 5.66. The molecule has 1 rings (SSSR count). The molecule has 0 bridgehead atoms. The number of hydrogen-bond donors (Lipinski definition) is 1. The molecule has 1 aromatic carbocycles. The maximum absolute atomic E-state index is 9.42. The van der Waals surface area contributed by atoms with Crippen LogP contribution in [0, 0.1) is 11.8 Å². The summed E-state index contributed by atoms with van der Waals surface area (Å²) in [5.41, 5.74) is -0.0807. The molecule has 0 aromatic heterocycles. The predicted octanol–water partition coefficient (Wildman–Crippen LogP) is 3.33. The van der Waals surface area contributed by atoms with Crippen LogP contribution in [0.2, 0.25) is 0 Å². The zero-order valence-electron chi connectivity index (χ0n) is 7.94. The third-order valence-electron chi connectivity index (χ3n) is 1.38. The topological polar surface area (TPSA) is 20.2 Å². The summed E-state index contributed by atoms with van der Waals surface area (Å²) in [6.45, 7) is 3.32. The van der Waals surface area contributed by atoms with Gasteiger partial charge in [0, 0.05) is 14.5 Å². The van der Waals surface area contributed by atoms with Gasteiger partial charge in [0.05, 0.1) is 0 Å². The normalized spacial score (nSPS) is 10.6. The smallest absolute Gasteiger partial charge is 0.120 e. The van der Waals surface area contributed by atoms with Gasteiger partial charge in [-0.3, -0.25) is 0 Å². The predicted molar refractivity (Wildman–Crippen MR) is 65.0 cm³/mol. The van der Waals surface area contributed by atoms with Gasteiger partial charge in [-0.05, 0) is 32.0 Å². The van der Waals surface area contributed by atoms with Crippen LogP contribution in [-0.2, 0) is 0 Å². The van der Waals surface area contributed by atoms with E-state index >= 15 is 0 Å². The largest absolute Gasteiger partial charge is 0.378 e. The Morgan fingerprint density at radius 2 is 1.64 bits per heavy atom. The van der Waals surface area contributed by atoms with Crippen molar-refractivity contribution >= 4 is 31.9 Å². The van der Waals surface area contributed by atoms with Crippen LogP contribution in [0.15, 0.2) is 27.1 Å². The van der Waals surface area contributed by atoms with Gasteiger partial charge in [-0.15, -0.1) is 0 Å². The average Bonchev–Trinajstić information content (AvgIpc) is 1.97. The second-order valence-electron chi connectivity index (χ2n) is 3.47. The van der Waals surface area contributed by atoms with Crippen LogP contribution in [0.1, 0.15) is 19.4 Å². The summed E-state index contributed by atoms with van der Waals surface area (Å²) in [6.07, 6.45) is 0. The Labute approximate surface area is 101 Å². The van der Waals surface area contributed by atoms with Crippen molar-refractivity contribution in [3.05, 3.63) is 32.7 Å². The fourth-order valence-corrected chi connectivity index (χ4v) is 2.14. The van der Waals surface area contributed by atoms with E-state index in [9.17, 15) is 5.11 Å². The third kappa shape index (κ3) is 4.28. The van der Waals surface area contributed by atoms with Crippen molar-refractivity contribution in [1.29, 1.82) is 0 Å². The molecule has 0 radical (unpaired) electrons. The van der Waals surface area contributed by atoms with Crippen LogP contribution in [0.4, 0.5) is 0 Å². The number of halogens is 2. The van der Waals surface area contributed by atoms with Gasteiger partial charge in [-0.2, -0.15) is 0 Å². The molecule has 0 aliphatic heterocycles. The molecule has 0 saturated heterocycles. The van der Waals surface area contributed by atoms with Gasteiger partial charge in [-0.25, -0.2) is 0 Å². The fraction of sp³-hybridized carbons (Fsp3) is 0.273. The summed E-state index contributed by atoms with van der Waals surface area (Å²) in [4.78, 5) is 0. The second-order valence-corrected chi connectivity index (χ2v) is 5.30. The molecule has 0 saturated carbocycles. The van der Waals surface area contributed by atoms with Crippen LogP contribution >= 0.6 is 31.9 Å². The molecule has 0 unspecified atom stereocenters. The van der Waals surface area contributed by atoms with Crippen LogP contribution < -0.4 is 0 Å². The maximum Gasteiger partial charge on any atom is 0.120 e. The summed E-state index contributed by atoms with van der Waals surface area (Å²) in [6, 6.07) is 5.75. The Kier molecular flexibility index (Phi) is 3.77. The standard InChI is InChI=1S/C11H10Br2O/c1-11(2,14)4-3-8-5-9(12)7-10(13)6-8/h5-7,14H,1-2H3. The van der Waals surface area contributed by atoms with Crippen LogP contribution in [0.5, 0.6) is 0 Å². The summed E-state index contributed by atoms with van der Waals surface area (Å²) >= 11 is 6.75. The maximum atomic E-state index is 9.42. The highest BCUT2D eigenvalue weighted by Crippen LogP contribution is 2.19. The summed E-state index contributed by atoms with van der Waals surface area (Å²) < 4.78 is 1.93. The van der Waals surface area contributed by atoms with Crippen molar-refractivity contribution in [2.24, 2.45) is 0 Å². The molecule has 0 heterocycles. The average molecular weight is 318 g/mol. The van der Waals surface area contributed by atoms with Crippen molar-refractivity contribution in [2.75, 3.05) is 0 Å². The van der Waals surface area contributed by atoms with Crippen molar-refractivity contribution in [3.63, 3.8) is 0 Å². The summed E-state index contributed by atoms with van der Waals surface area (Å²) in [7, 11) is 0. The zero-order valence-corrected chi connectivity index (χ0v) is 11.1. The Balaban J connectivity index is 3.02. The first-order valence-electron chi connectivity index (χ1n) is 4.08. The molecule has 0 amide bonds. The van der Waals surface area contributed by atoms with E-state index in [-0.39, 0.29) is 0 Å². The molecule has 1 nitrogen and oxygen atoms in total. The zero-order chi connectivity index (χ0) is 10.8. The first-order chi connectivity index (χ1) is 6.37. The van der Waals surface area contributed by atoms with Gasteiger partial charge in [0.15, 0.2) is 0 Å². The van der Waals surface area contributed by atoms with E-state index in [1.165, 1.54) is 0 Å². The van der Waals surface area contributed by atoms with Crippen LogP contribution in [0.3, 0.4) is 0 Å². The van der Waals surface area contributed by atoms with Gasteiger partial charge in [0.25, 0.3) is 0 Å². The van der Waals surface area contributed by atoms with Crippen molar-refractivity contribution in [2.45, 2.75) is 19.4 Å².